The minimum Gasteiger partial charge on any atom is -0.382 e. The van der Waals surface area contributed by atoms with Crippen LogP contribution >= 0.6 is 11.6 Å². The van der Waals surface area contributed by atoms with E-state index in [4.69, 9.17) is 23.1 Å². The predicted octanol–water partition coefficient (Wildman–Crippen LogP) is 0.686. The number of hydrogen-bond acceptors (Lipinski definition) is 5. The first-order valence-corrected chi connectivity index (χ1v) is 7.60. The molecule has 0 unspecified atom stereocenters. The van der Waals surface area contributed by atoms with E-state index >= 15 is 0 Å². The summed E-state index contributed by atoms with van der Waals surface area (Å²) in [6, 6.07) is 0. The number of carbonyl (C=O) groups is 1. The van der Waals surface area contributed by atoms with Gasteiger partial charge in [0.25, 0.3) is 0 Å². The van der Waals surface area contributed by atoms with Crippen LogP contribution in [0.3, 0.4) is 0 Å². The molecule has 0 radical (unpaired) electrons. The maximum absolute atomic E-state index is 12.2. The number of halogens is 1. The predicted molar refractivity (Wildman–Crippen MR) is 84.6 cm³/mol. The lowest BCUT2D eigenvalue weighted by molar-refractivity contribution is 0.0998. The van der Waals surface area contributed by atoms with E-state index in [2.05, 4.69) is 25.6 Å². The van der Waals surface area contributed by atoms with E-state index in [1.54, 1.807) is 0 Å². The van der Waals surface area contributed by atoms with E-state index < -0.39 is 5.91 Å². The number of carbonyl (C=O) groups excluding carboxylic acids is 1. The van der Waals surface area contributed by atoms with Crippen LogP contribution in [-0.4, -0.2) is 33.9 Å². The van der Waals surface area contributed by atoms with Crippen molar-refractivity contribution < 1.29 is 4.79 Å². The molecule has 1 aliphatic carbocycles. The minimum atomic E-state index is -0.602. The van der Waals surface area contributed by atoms with Gasteiger partial charge in [0.05, 0.1) is 5.54 Å². The molecular weight excluding hydrogens is 306 g/mol. The highest BCUT2D eigenvalue weighted by atomic mass is 35.5. The lowest BCUT2D eigenvalue weighted by atomic mass is 9.82. The molecule has 0 atom stereocenters. The molecule has 1 aliphatic heterocycles. The second-order valence-electron chi connectivity index (χ2n) is 5.72. The highest BCUT2D eigenvalue weighted by molar-refractivity contribution is 6.31. The van der Waals surface area contributed by atoms with Crippen LogP contribution in [0.5, 0.6) is 0 Å². The van der Waals surface area contributed by atoms with Crippen LogP contribution in [-0.2, 0) is 0 Å². The zero-order chi connectivity index (χ0) is 15.7. The molecule has 1 amide bonds. The third kappa shape index (κ3) is 2.78. The summed E-state index contributed by atoms with van der Waals surface area (Å²) in [7, 11) is 0. The fraction of sp³-hybridized carbons (Fsp3) is 0.538. The Hall–Kier alpha value is -2.09. The number of aromatic nitrogens is 2. The topological polar surface area (TPSA) is 131 Å². The van der Waals surface area contributed by atoms with Crippen LogP contribution in [0.4, 0.5) is 11.6 Å². The van der Waals surface area contributed by atoms with Gasteiger partial charge in [-0.3, -0.25) is 4.79 Å². The molecule has 1 saturated heterocycles. The molecule has 1 aromatic heterocycles. The van der Waals surface area contributed by atoms with Crippen molar-refractivity contribution in [3.8, 4) is 0 Å². The van der Waals surface area contributed by atoms with Crippen molar-refractivity contribution in [2.24, 2.45) is 4.99 Å². The molecule has 9 heteroatoms. The van der Waals surface area contributed by atoms with Gasteiger partial charge in [-0.2, -0.15) is 4.99 Å². The van der Waals surface area contributed by atoms with Crippen molar-refractivity contribution in [3.05, 3.63) is 10.8 Å². The Morgan fingerprint density at radius 2 is 1.91 bits per heavy atom. The molecule has 1 aromatic rings. The van der Waals surface area contributed by atoms with Gasteiger partial charge in [0.15, 0.2) is 28.4 Å². The van der Waals surface area contributed by atoms with Gasteiger partial charge >= 0.3 is 5.91 Å². The normalized spacial score (nSPS) is 21.6. The first-order valence-electron chi connectivity index (χ1n) is 7.23. The molecule has 0 aromatic carbocycles. The van der Waals surface area contributed by atoms with Gasteiger partial charge in [-0.15, -0.1) is 0 Å². The van der Waals surface area contributed by atoms with E-state index in [-0.39, 0.29) is 28.0 Å². The maximum atomic E-state index is 12.2. The Labute approximate surface area is 132 Å². The number of amides is 1. The van der Waals surface area contributed by atoms with E-state index in [1.807, 2.05) is 0 Å². The molecule has 22 heavy (non-hydrogen) atoms. The van der Waals surface area contributed by atoms with Gasteiger partial charge in [-0.1, -0.05) is 30.9 Å². The van der Waals surface area contributed by atoms with Crippen LogP contribution < -0.4 is 22.1 Å². The monoisotopic (exact) mass is 323 g/mol. The van der Waals surface area contributed by atoms with Crippen molar-refractivity contribution >= 4 is 35.1 Å². The summed E-state index contributed by atoms with van der Waals surface area (Å²) < 4.78 is 0. The minimum absolute atomic E-state index is 0.00729. The molecule has 2 heterocycles. The molecule has 1 spiro atoms. The number of hydrogen-bond donors (Lipinski definition) is 4. The van der Waals surface area contributed by atoms with Crippen molar-refractivity contribution in [1.82, 2.24) is 20.6 Å². The molecule has 1 saturated carbocycles. The smallest absolute Gasteiger partial charge is 0.302 e. The molecule has 118 valence electrons. The molecule has 2 fully saturated rings. The third-order valence-electron chi connectivity index (χ3n) is 4.11. The molecule has 8 nitrogen and oxygen atoms in total. The standard InChI is InChI=1S/C13H18ClN7O/c14-8-10(16)19-9(15)7(18-8)11(22)20-12-17-6-13(21-12)4-2-1-3-5-13/h1-6H2,(H4,15,16,19)(H2,17,20,21,22). The summed E-state index contributed by atoms with van der Waals surface area (Å²) in [5, 5.41) is 6.40. The Morgan fingerprint density at radius 3 is 2.64 bits per heavy atom. The van der Waals surface area contributed by atoms with Gasteiger partial charge in [0.2, 0.25) is 0 Å². The van der Waals surface area contributed by atoms with Crippen LogP contribution in [0.1, 0.15) is 42.6 Å². The summed E-state index contributed by atoms with van der Waals surface area (Å²) in [5.41, 5.74) is 11.1. The SMILES string of the molecule is Nc1nc(N)c(C(=O)/N=C2\NCC3(CCCCC3)N2)nc1Cl. The van der Waals surface area contributed by atoms with Crippen molar-refractivity contribution in [1.29, 1.82) is 0 Å². The number of anilines is 2. The van der Waals surface area contributed by atoms with Crippen molar-refractivity contribution in [2.75, 3.05) is 18.0 Å². The van der Waals surface area contributed by atoms with Crippen LogP contribution in [0.2, 0.25) is 5.15 Å². The highest BCUT2D eigenvalue weighted by Gasteiger charge is 2.37. The van der Waals surface area contributed by atoms with Crippen molar-refractivity contribution in [3.63, 3.8) is 0 Å². The Balaban J connectivity index is 1.78. The summed E-state index contributed by atoms with van der Waals surface area (Å²) in [5.74, 6) is -0.251. The highest BCUT2D eigenvalue weighted by Crippen LogP contribution is 2.29. The fourth-order valence-corrected chi connectivity index (χ4v) is 3.07. The first-order chi connectivity index (χ1) is 10.5. The van der Waals surface area contributed by atoms with Gasteiger partial charge in [0, 0.05) is 6.54 Å². The zero-order valence-electron chi connectivity index (χ0n) is 12.0. The van der Waals surface area contributed by atoms with Gasteiger partial charge < -0.3 is 22.1 Å². The number of rotatable bonds is 1. The molecule has 2 aliphatic rings. The molecule has 6 N–H and O–H groups in total. The Kier molecular flexibility index (Phi) is 3.78. The molecular formula is C13H18ClN7O. The number of nitrogens with zero attached hydrogens (tertiary/aromatic N) is 3. The van der Waals surface area contributed by atoms with E-state index in [0.717, 1.165) is 19.4 Å². The summed E-state index contributed by atoms with van der Waals surface area (Å²) in [4.78, 5) is 23.8. The number of nitrogens with two attached hydrogens (primary N) is 2. The Morgan fingerprint density at radius 1 is 1.18 bits per heavy atom. The van der Waals surface area contributed by atoms with E-state index in [1.165, 1.54) is 19.3 Å². The zero-order valence-corrected chi connectivity index (χ0v) is 12.8. The second kappa shape index (κ2) is 5.60. The lowest BCUT2D eigenvalue weighted by Crippen LogP contribution is -2.45. The second-order valence-corrected chi connectivity index (χ2v) is 6.08. The van der Waals surface area contributed by atoms with E-state index in [9.17, 15) is 4.79 Å². The lowest BCUT2D eigenvalue weighted by Gasteiger charge is -2.32. The largest absolute Gasteiger partial charge is 0.382 e. The average molecular weight is 324 g/mol. The third-order valence-corrected chi connectivity index (χ3v) is 4.39. The molecule has 0 bridgehead atoms. The maximum Gasteiger partial charge on any atom is 0.302 e. The van der Waals surface area contributed by atoms with Crippen molar-refractivity contribution in [2.45, 2.75) is 37.6 Å². The fourth-order valence-electron chi connectivity index (χ4n) is 2.94. The molecule has 3 rings (SSSR count). The number of nitrogens with one attached hydrogen (secondary N) is 2. The summed E-state index contributed by atoms with van der Waals surface area (Å²) >= 11 is 5.78. The van der Waals surface area contributed by atoms with E-state index in [0.29, 0.717) is 5.96 Å². The average Bonchev–Trinajstić information content (AvgIpc) is 2.86. The Bertz CT molecular complexity index is 640. The van der Waals surface area contributed by atoms with Gasteiger partial charge in [0.1, 0.15) is 0 Å². The van der Waals surface area contributed by atoms with Crippen LogP contribution in [0, 0.1) is 0 Å². The number of nitrogen functional groups attached to an aromatic ring is 2. The first kappa shape index (κ1) is 14.8. The van der Waals surface area contributed by atoms with Gasteiger partial charge in [-0.05, 0) is 12.8 Å². The quantitative estimate of drug-likeness (QED) is 0.597. The summed E-state index contributed by atoms with van der Waals surface area (Å²) in [6.07, 6.45) is 5.76. The van der Waals surface area contributed by atoms with Crippen LogP contribution in [0.25, 0.3) is 0 Å². The van der Waals surface area contributed by atoms with Gasteiger partial charge in [-0.25, -0.2) is 9.97 Å². The van der Waals surface area contributed by atoms with Crippen LogP contribution in [0.15, 0.2) is 4.99 Å². The summed E-state index contributed by atoms with van der Waals surface area (Å²) in [6.45, 7) is 0.767. The number of guanidine groups is 1. The number of aliphatic imine (C=N–C) groups is 1.